The van der Waals surface area contributed by atoms with Gasteiger partial charge in [0, 0.05) is 0 Å². The molecule has 1 heterocycles. The smallest absolute Gasteiger partial charge is 0.274 e. The number of carbonyl (C=O) groups excluding carboxylic acids is 1. The van der Waals surface area contributed by atoms with Crippen LogP contribution in [0.25, 0.3) is 0 Å². The van der Waals surface area contributed by atoms with Gasteiger partial charge in [-0.1, -0.05) is 53.7 Å². The zero-order chi connectivity index (χ0) is 17.6. The first-order valence-corrected chi connectivity index (χ1v) is 8.14. The monoisotopic (exact) mass is 336 g/mol. The number of nitrogens with zero attached hydrogens (tertiary/aromatic N) is 1. The van der Waals surface area contributed by atoms with E-state index in [4.69, 9.17) is 9.26 Å². The first-order chi connectivity index (χ1) is 12.1. The van der Waals surface area contributed by atoms with Crippen molar-refractivity contribution in [2.24, 2.45) is 0 Å². The fourth-order valence-electron chi connectivity index (χ4n) is 2.50. The van der Waals surface area contributed by atoms with E-state index in [0.29, 0.717) is 11.3 Å². The van der Waals surface area contributed by atoms with E-state index in [0.717, 1.165) is 11.3 Å². The molecular weight excluding hydrogens is 316 g/mol. The van der Waals surface area contributed by atoms with E-state index >= 15 is 0 Å². The fourth-order valence-corrected chi connectivity index (χ4v) is 2.50. The number of benzene rings is 2. The second kappa shape index (κ2) is 7.66. The Morgan fingerprint density at radius 2 is 1.76 bits per heavy atom. The first-order valence-electron chi connectivity index (χ1n) is 8.14. The molecule has 25 heavy (non-hydrogen) atoms. The highest BCUT2D eigenvalue weighted by Crippen LogP contribution is 2.19. The van der Waals surface area contributed by atoms with Crippen LogP contribution in [0.1, 0.15) is 40.3 Å². The number of carbonyl (C=O) groups is 1. The number of amides is 1. The van der Waals surface area contributed by atoms with Crippen LogP contribution in [0.2, 0.25) is 0 Å². The average molecular weight is 336 g/mol. The third kappa shape index (κ3) is 4.07. The summed E-state index contributed by atoms with van der Waals surface area (Å²) >= 11 is 0. The molecule has 1 N–H and O–H groups in total. The van der Waals surface area contributed by atoms with Gasteiger partial charge in [0.25, 0.3) is 5.91 Å². The number of para-hydroxylation sites is 1. The molecule has 1 aromatic heterocycles. The highest BCUT2D eigenvalue weighted by atomic mass is 16.5. The van der Waals surface area contributed by atoms with E-state index in [-0.39, 0.29) is 24.2 Å². The number of hydrogen-bond acceptors (Lipinski definition) is 4. The lowest BCUT2D eigenvalue weighted by molar-refractivity contribution is 0.0928. The van der Waals surface area contributed by atoms with Crippen LogP contribution in [0.5, 0.6) is 5.75 Å². The number of aryl methyl sites for hydroxylation is 1. The van der Waals surface area contributed by atoms with Gasteiger partial charge < -0.3 is 14.6 Å². The van der Waals surface area contributed by atoms with Crippen LogP contribution in [0.3, 0.4) is 0 Å². The second-order valence-corrected chi connectivity index (χ2v) is 5.77. The Labute approximate surface area is 146 Å². The molecule has 0 fully saturated rings. The van der Waals surface area contributed by atoms with Crippen LogP contribution < -0.4 is 10.1 Å². The van der Waals surface area contributed by atoms with E-state index in [2.05, 4.69) is 10.5 Å². The van der Waals surface area contributed by atoms with Gasteiger partial charge in [-0.3, -0.25) is 4.79 Å². The van der Waals surface area contributed by atoms with Crippen molar-refractivity contribution in [3.63, 3.8) is 0 Å². The Morgan fingerprint density at radius 3 is 2.44 bits per heavy atom. The summed E-state index contributed by atoms with van der Waals surface area (Å²) in [6.45, 7) is 3.93. The molecule has 3 rings (SSSR count). The van der Waals surface area contributed by atoms with E-state index in [1.807, 2.05) is 67.6 Å². The third-order valence-corrected chi connectivity index (χ3v) is 3.97. The minimum atomic E-state index is -0.278. The number of ether oxygens (including phenoxy) is 1. The van der Waals surface area contributed by atoms with Crippen molar-refractivity contribution in [1.82, 2.24) is 10.5 Å². The number of nitrogens with one attached hydrogen (secondary N) is 1. The van der Waals surface area contributed by atoms with Crippen molar-refractivity contribution >= 4 is 5.91 Å². The van der Waals surface area contributed by atoms with E-state index in [1.165, 1.54) is 0 Å². The van der Waals surface area contributed by atoms with Gasteiger partial charge in [-0.05, 0) is 31.5 Å². The SMILES string of the molecule is Cc1onc(C(=O)NC(C)c2ccccc2)c1COc1ccccc1. The van der Waals surface area contributed by atoms with Crippen LogP contribution in [-0.2, 0) is 6.61 Å². The predicted molar refractivity (Wildman–Crippen MR) is 94.3 cm³/mol. The Morgan fingerprint density at radius 1 is 1.12 bits per heavy atom. The van der Waals surface area contributed by atoms with E-state index in [9.17, 15) is 4.79 Å². The zero-order valence-corrected chi connectivity index (χ0v) is 14.2. The van der Waals surface area contributed by atoms with Gasteiger partial charge in [0.1, 0.15) is 18.1 Å². The maximum Gasteiger partial charge on any atom is 0.274 e. The maximum atomic E-state index is 12.6. The number of aromatic nitrogens is 1. The van der Waals surface area contributed by atoms with Crippen molar-refractivity contribution in [3.8, 4) is 5.75 Å². The summed E-state index contributed by atoms with van der Waals surface area (Å²) in [5.41, 5.74) is 1.94. The summed E-state index contributed by atoms with van der Waals surface area (Å²) in [7, 11) is 0. The van der Waals surface area contributed by atoms with E-state index < -0.39 is 0 Å². The minimum Gasteiger partial charge on any atom is -0.489 e. The fraction of sp³-hybridized carbons (Fsp3) is 0.200. The number of rotatable bonds is 6. The van der Waals surface area contributed by atoms with E-state index in [1.54, 1.807) is 6.92 Å². The van der Waals surface area contributed by atoms with Crippen molar-refractivity contribution in [2.45, 2.75) is 26.5 Å². The first kappa shape index (κ1) is 16.8. The summed E-state index contributed by atoms with van der Waals surface area (Å²) in [5.74, 6) is 1.03. The lowest BCUT2D eigenvalue weighted by atomic mass is 10.1. The molecule has 1 atom stereocenters. The van der Waals surface area contributed by atoms with Gasteiger partial charge in [-0.25, -0.2) is 0 Å². The highest BCUT2D eigenvalue weighted by molar-refractivity contribution is 5.94. The Balaban J connectivity index is 1.71. The average Bonchev–Trinajstić information content (AvgIpc) is 3.02. The molecule has 0 aliphatic heterocycles. The molecule has 2 aromatic carbocycles. The standard InChI is InChI=1S/C20H20N2O3/c1-14(16-9-5-3-6-10-16)21-20(23)19-18(15(2)25-22-19)13-24-17-11-7-4-8-12-17/h3-12,14H,13H2,1-2H3,(H,21,23). The Kier molecular flexibility index (Phi) is 5.14. The Bertz CT molecular complexity index is 829. The summed E-state index contributed by atoms with van der Waals surface area (Å²) in [6, 6.07) is 19.1. The normalized spacial score (nSPS) is 11.8. The molecular formula is C20H20N2O3. The molecule has 0 spiro atoms. The van der Waals surface area contributed by atoms with Gasteiger partial charge >= 0.3 is 0 Å². The molecule has 0 aliphatic rings. The van der Waals surface area contributed by atoms with Gasteiger partial charge in [0.05, 0.1) is 11.6 Å². The van der Waals surface area contributed by atoms with Crippen molar-refractivity contribution < 1.29 is 14.1 Å². The summed E-state index contributed by atoms with van der Waals surface area (Å²) < 4.78 is 10.9. The van der Waals surface area contributed by atoms with Gasteiger partial charge in [-0.15, -0.1) is 0 Å². The molecule has 0 aliphatic carbocycles. The van der Waals surface area contributed by atoms with Crippen LogP contribution in [0, 0.1) is 6.92 Å². The lowest BCUT2D eigenvalue weighted by Crippen LogP contribution is -2.28. The quantitative estimate of drug-likeness (QED) is 0.737. The van der Waals surface area contributed by atoms with Crippen molar-refractivity contribution in [3.05, 3.63) is 83.2 Å². The van der Waals surface area contributed by atoms with Crippen molar-refractivity contribution in [2.75, 3.05) is 0 Å². The molecule has 3 aromatic rings. The second-order valence-electron chi connectivity index (χ2n) is 5.77. The van der Waals surface area contributed by atoms with Crippen molar-refractivity contribution in [1.29, 1.82) is 0 Å². The summed E-state index contributed by atoms with van der Waals surface area (Å²) in [6.07, 6.45) is 0. The largest absolute Gasteiger partial charge is 0.489 e. The molecule has 5 heteroatoms. The Hall–Kier alpha value is -3.08. The predicted octanol–water partition coefficient (Wildman–Crippen LogP) is 4.05. The number of hydrogen-bond donors (Lipinski definition) is 1. The third-order valence-electron chi connectivity index (χ3n) is 3.97. The molecule has 128 valence electrons. The maximum absolute atomic E-state index is 12.6. The molecule has 0 bridgehead atoms. The van der Waals surface area contributed by atoms with Crippen LogP contribution >= 0.6 is 0 Å². The van der Waals surface area contributed by atoms with Crippen LogP contribution in [0.15, 0.2) is 65.2 Å². The molecule has 0 saturated carbocycles. The van der Waals surface area contributed by atoms with Crippen LogP contribution in [0.4, 0.5) is 0 Å². The molecule has 1 unspecified atom stereocenters. The topological polar surface area (TPSA) is 64.4 Å². The lowest BCUT2D eigenvalue weighted by Gasteiger charge is -2.14. The zero-order valence-electron chi connectivity index (χ0n) is 14.2. The molecule has 0 saturated heterocycles. The summed E-state index contributed by atoms with van der Waals surface area (Å²) in [5, 5.41) is 6.86. The molecule has 1 amide bonds. The van der Waals surface area contributed by atoms with Gasteiger partial charge in [-0.2, -0.15) is 0 Å². The van der Waals surface area contributed by atoms with Gasteiger partial charge in [0.2, 0.25) is 0 Å². The molecule has 0 radical (unpaired) electrons. The van der Waals surface area contributed by atoms with Gasteiger partial charge in [0.15, 0.2) is 5.69 Å². The van der Waals surface area contributed by atoms with Crippen LogP contribution in [-0.4, -0.2) is 11.1 Å². The minimum absolute atomic E-state index is 0.131. The summed E-state index contributed by atoms with van der Waals surface area (Å²) in [4.78, 5) is 12.6. The highest BCUT2D eigenvalue weighted by Gasteiger charge is 2.22. The molecule has 5 nitrogen and oxygen atoms in total.